The molecule has 0 bridgehead atoms. The van der Waals surface area contributed by atoms with Gasteiger partial charge in [0.1, 0.15) is 0 Å². The first-order chi connectivity index (χ1) is 12.0. The molecule has 1 aliphatic heterocycles. The number of hydrogen-bond donors (Lipinski definition) is 0. The highest BCUT2D eigenvalue weighted by Crippen LogP contribution is 2.15. The summed E-state index contributed by atoms with van der Waals surface area (Å²) in [5.74, 6) is 0. The summed E-state index contributed by atoms with van der Waals surface area (Å²) < 4.78 is 26.5. The van der Waals surface area contributed by atoms with Crippen LogP contribution in [0.15, 0.2) is 54.2 Å². The SMILES string of the molecule is O=S(=O)(/C=C/c1ccc(Cl)cc1)N1CCN(Cc2ccncc2)CC1. The molecule has 0 atom stereocenters. The summed E-state index contributed by atoms with van der Waals surface area (Å²) in [6.07, 6.45) is 5.16. The largest absolute Gasteiger partial charge is 0.296 e. The van der Waals surface area contributed by atoms with Gasteiger partial charge in [0.2, 0.25) is 10.0 Å². The van der Waals surface area contributed by atoms with Crippen LogP contribution in [0.1, 0.15) is 11.1 Å². The molecule has 1 aromatic heterocycles. The third kappa shape index (κ3) is 5.12. The van der Waals surface area contributed by atoms with E-state index in [0.29, 0.717) is 18.1 Å². The maximum absolute atomic E-state index is 12.5. The second-order valence-corrected chi connectivity index (χ2v) is 8.18. The first kappa shape index (κ1) is 18.1. The van der Waals surface area contributed by atoms with Crippen molar-refractivity contribution >= 4 is 27.7 Å². The second-order valence-electron chi connectivity index (χ2n) is 5.93. The average molecular weight is 378 g/mol. The van der Waals surface area contributed by atoms with Gasteiger partial charge in [0.15, 0.2) is 0 Å². The number of sulfonamides is 1. The van der Waals surface area contributed by atoms with Gasteiger partial charge >= 0.3 is 0 Å². The van der Waals surface area contributed by atoms with Crippen molar-refractivity contribution in [1.82, 2.24) is 14.2 Å². The van der Waals surface area contributed by atoms with E-state index in [1.807, 2.05) is 12.1 Å². The molecule has 3 rings (SSSR count). The van der Waals surface area contributed by atoms with Gasteiger partial charge in [-0.1, -0.05) is 23.7 Å². The van der Waals surface area contributed by atoms with Crippen molar-refractivity contribution in [3.63, 3.8) is 0 Å². The molecule has 0 N–H and O–H groups in total. The minimum Gasteiger partial charge on any atom is -0.296 e. The van der Waals surface area contributed by atoms with Crippen LogP contribution >= 0.6 is 11.6 Å². The lowest BCUT2D eigenvalue weighted by atomic mass is 10.2. The zero-order valence-corrected chi connectivity index (χ0v) is 15.3. The average Bonchev–Trinajstić information content (AvgIpc) is 2.63. The molecular weight excluding hydrogens is 358 g/mol. The Balaban J connectivity index is 1.56. The number of rotatable bonds is 5. The lowest BCUT2D eigenvalue weighted by Gasteiger charge is -2.33. The van der Waals surface area contributed by atoms with Crippen molar-refractivity contribution in [2.75, 3.05) is 26.2 Å². The minimum absolute atomic E-state index is 0.498. The van der Waals surface area contributed by atoms with Crippen molar-refractivity contribution in [3.05, 3.63) is 70.3 Å². The lowest BCUT2D eigenvalue weighted by molar-refractivity contribution is 0.182. The predicted molar refractivity (Wildman–Crippen MR) is 100 cm³/mol. The van der Waals surface area contributed by atoms with Crippen molar-refractivity contribution < 1.29 is 8.42 Å². The molecule has 0 unspecified atom stereocenters. The number of aromatic nitrogens is 1. The summed E-state index contributed by atoms with van der Waals surface area (Å²) in [6.45, 7) is 3.25. The van der Waals surface area contributed by atoms with Gasteiger partial charge in [-0.25, -0.2) is 8.42 Å². The van der Waals surface area contributed by atoms with Gasteiger partial charge in [-0.05, 0) is 41.5 Å². The minimum atomic E-state index is -3.40. The summed E-state index contributed by atoms with van der Waals surface area (Å²) in [4.78, 5) is 6.27. The van der Waals surface area contributed by atoms with E-state index in [-0.39, 0.29) is 0 Å². The monoisotopic (exact) mass is 377 g/mol. The summed E-state index contributed by atoms with van der Waals surface area (Å²) in [5.41, 5.74) is 2.00. The fraction of sp³-hybridized carbons (Fsp3) is 0.278. The third-order valence-electron chi connectivity index (χ3n) is 4.15. The van der Waals surface area contributed by atoms with Gasteiger partial charge in [0, 0.05) is 55.5 Å². The highest BCUT2D eigenvalue weighted by atomic mass is 35.5. The number of hydrogen-bond acceptors (Lipinski definition) is 4. The Bertz CT molecular complexity index is 815. The first-order valence-corrected chi connectivity index (χ1v) is 9.96. The fourth-order valence-corrected chi connectivity index (χ4v) is 4.01. The summed E-state index contributed by atoms with van der Waals surface area (Å²) in [7, 11) is -3.40. The molecule has 0 spiro atoms. The predicted octanol–water partition coefficient (Wildman–Crippen LogP) is 2.85. The van der Waals surface area contributed by atoms with Crippen molar-refractivity contribution in [2.45, 2.75) is 6.54 Å². The molecule has 5 nitrogen and oxygen atoms in total. The Labute approximate surface area is 153 Å². The van der Waals surface area contributed by atoms with Crippen LogP contribution in [-0.2, 0) is 16.6 Å². The van der Waals surface area contributed by atoms with Gasteiger partial charge in [-0.3, -0.25) is 9.88 Å². The summed E-state index contributed by atoms with van der Waals surface area (Å²) in [6, 6.07) is 11.0. The van der Waals surface area contributed by atoms with E-state index in [4.69, 9.17) is 11.6 Å². The smallest absolute Gasteiger partial charge is 0.236 e. The first-order valence-electron chi connectivity index (χ1n) is 8.08. The number of piperazine rings is 1. The molecule has 2 heterocycles. The molecule has 0 radical (unpaired) electrons. The molecule has 132 valence electrons. The van der Waals surface area contributed by atoms with E-state index in [9.17, 15) is 8.42 Å². The molecule has 1 saturated heterocycles. The van der Waals surface area contributed by atoms with Crippen LogP contribution in [0, 0.1) is 0 Å². The van der Waals surface area contributed by atoms with Gasteiger partial charge in [0.05, 0.1) is 0 Å². The standard InChI is InChI=1S/C18H20ClN3O2S/c19-18-3-1-16(2-4-18)7-14-25(23,24)22-12-10-21(11-13-22)15-17-5-8-20-9-6-17/h1-9,14H,10-13,15H2/b14-7+. The fourth-order valence-electron chi connectivity index (χ4n) is 2.71. The van der Waals surface area contributed by atoms with Gasteiger partial charge in [-0.15, -0.1) is 0 Å². The Hall–Kier alpha value is -1.73. The number of nitrogens with zero attached hydrogens (tertiary/aromatic N) is 3. The molecule has 1 aromatic carbocycles. The zero-order chi connectivity index (χ0) is 17.7. The lowest BCUT2D eigenvalue weighted by Crippen LogP contribution is -2.47. The Kier molecular flexibility index (Phi) is 5.86. The number of pyridine rings is 1. The maximum atomic E-state index is 12.5. The molecule has 2 aromatic rings. The molecule has 0 saturated carbocycles. The second kappa shape index (κ2) is 8.10. The van der Waals surface area contributed by atoms with Crippen molar-refractivity contribution in [1.29, 1.82) is 0 Å². The Morgan fingerprint density at radius 3 is 2.28 bits per heavy atom. The molecule has 1 aliphatic rings. The van der Waals surface area contributed by atoms with Crippen LogP contribution in [0.4, 0.5) is 0 Å². The molecule has 1 fully saturated rings. The van der Waals surface area contributed by atoms with Gasteiger partial charge < -0.3 is 0 Å². The van der Waals surface area contributed by atoms with Crippen LogP contribution in [0.3, 0.4) is 0 Å². The Morgan fingerprint density at radius 2 is 1.64 bits per heavy atom. The molecular formula is C18H20ClN3O2S. The zero-order valence-electron chi connectivity index (χ0n) is 13.8. The van der Waals surface area contributed by atoms with Crippen LogP contribution in [-0.4, -0.2) is 48.8 Å². The van der Waals surface area contributed by atoms with Crippen molar-refractivity contribution in [3.8, 4) is 0 Å². The molecule has 0 amide bonds. The van der Waals surface area contributed by atoms with E-state index >= 15 is 0 Å². The van der Waals surface area contributed by atoms with E-state index in [2.05, 4.69) is 9.88 Å². The number of halogens is 1. The molecule has 0 aliphatic carbocycles. The highest BCUT2D eigenvalue weighted by molar-refractivity contribution is 7.92. The van der Waals surface area contributed by atoms with E-state index in [1.165, 1.54) is 15.3 Å². The van der Waals surface area contributed by atoms with Crippen LogP contribution in [0.5, 0.6) is 0 Å². The quantitative estimate of drug-likeness (QED) is 0.804. The highest BCUT2D eigenvalue weighted by Gasteiger charge is 2.24. The van der Waals surface area contributed by atoms with Crippen molar-refractivity contribution in [2.24, 2.45) is 0 Å². The van der Waals surface area contributed by atoms with Crippen LogP contribution < -0.4 is 0 Å². The van der Waals surface area contributed by atoms with E-state index in [1.54, 1.807) is 42.7 Å². The topological polar surface area (TPSA) is 53.5 Å². The van der Waals surface area contributed by atoms with Crippen LogP contribution in [0.25, 0.3) is 6.08 Å². The maximum Gasteiger partial charge on any atom is 0.236 e. The van der Waals surface area contributed by atoms with Gasteiger partial charge in [0.25, 0.3) is 0 Å². The summed E-state index contributed by atoms with van der Waals surface area (Å²) >= 11 is 5.84. The normalized spacial score (nSPS) is 17.2. The number of benzene rings is 1. The van der Waals surface area contributed by atoms with Crippen LogP contribution in [0.2, 0.25) is 5.02 Å². The summed E-state index contributed by atoms with van der Waals surface area (Å²) in [5, 5.41) is 1.90. The molecule has 7 heteroatoms. The third-order valence-corrected chi connectivity index (χ3v) is 5.97. The van der Waals surface area contributed by atoms with Gasteiger partial charge in [-0.2, -0.15) is 4.31 Å². The molecule has 25 heavy (non-hydrogen) atoms. The van der Waals surface area contributed by atoms with E-state index < -0.39 is 10.0 Å². The Morgan fingerprint density at radius 1 is 1.00 bits per heavy atom. The van der Waals surface area contributed by atoms with E-state index in [0.717, 1.165) is 25.2 Å².